The summed E-state index contributed by atoms with van der Waals surface area (Å²) < 4.78 is 0. The van der Waals surface area contributed by atoms with E-state index in [4.69, 9.17) is 11.6 Å². The number of nitrogens with one attached hydrogen (secondary N) is 1. The number of aryl methyl sites for hydroxylation is 1. The maximum Gasteiger partial charge on any atom is 0.242 e. The van der Waals surface area contributed by atoms with E-state index in [2.05, 4.69) is 5.32 Å². The maximum absolute atomic E-state index is 13.0. The summed E-state index contributed by atoms with van der Waals surface area (Å²) in [7, 11) is 0. The zero-order valence-corrected chi connectivity index (χ0v) is 18.1. The lowest BCUT2D eigenvalue weighted by Crippen LogP contribution is -2.48. The largest absolute Gasteiger partial charge is 0.355 e. The average Bonchev–Trinajstić information content (AvgIpc) is 2.68. The number of hydrogen-bond acceptors (Lipinski definition) is 3. The summed E-state index contributed by atoms with van der Waals surface area (Å²) in [6.07, 6.45) is 0. The van der Waals surface area contributed by atoms with Gasteiger partial charge in [-0.05, 0) is 49.6 Å². The Kier molecular flexibility index (Phi) is 8.87. The molecule has 0 aliphatic carbocycles. The van der Waals surface area contributed by atoms with Crippen LogP contribution in [0, 0.1) is 6.92 Å². The lowest BCUT2D eigenvalue weighted by molar-refractivity contribution is -0.138. The van der Waals surface area contributed by atoms with E-state index >= 15 is 0 Å². The van der Waals surface area contributed by atoms with E-state index < -0.39 is 6.04 Å². The van der Waals surface area contributed by atoms with Crippen molar-refractivity contribution in [1.29, 1.82) is 0 Å². The molecule has 0 radical (unpaired) electrons. The van der Waals surface area contributed by atoms with Crippen molar-refractivity contribution in [3.8, 4) is 0 Å². The van der Waals surface area contributed by atoms with Crippen LogP contribution in [0.2, 0.25) is 5.02 Å². The number of rotatable bonds is 9. The van der Waals surface area contributed by atoms with Crippen molar-refractivity contribution in [3.05, 3.63) is 70.2 Å². The van der Waals surface area contributed by atoms with E-state index in [0.29, 0.717) is 23.9 Å². The molecule has 150 valence electrons. The predicted molar refractivity (Wildman–Crippen MR) is 117 cm³/mol. The van der Waals surface area contributed by atoms with E-state index in [-0.39, 0.29) is 11.8 Å². The Morgan fingerprint density at radius 2 is 1.82 bits per heavy atom. The summed E-state index contributed by atoms with van der Waals surface area (Å²) in [5.41, 5.74) is 3.27. The van der Waals surface area contributed by atoms with E-state index in [1.807, 2.05) is 62.4 Å². The van der Waals surface area contributed by atoms with Gasteiger partial charge in [0.15, 0.2) is 0 Å². The van der Waals surface area contributed by atoms with Gasteiger partial charge >= 0.3 is 0 Å². The number of carbonyl (C=O) groups excluding carboxylic acids is 2. The van der Waals surface area contributed by atoms with Crippen LogP contribution in [0.25, 0.3) is 0 Å². The minimum atomic E-state index is -0.525. The van der Waals surface area contributed by atoms with Gasteiger partial charge in [-0.1, -0.05) is 48.0 Å². The summed E-state index contributed by atoms with van der Waals surface area (Å²) >= 11 is 7.45. The normalized spacial score (nSPS) is 11.7. The first-order valence-electron chi connectivity index (χ1n) is 9.36. The van der Waals surface area contributed by atoms with Crippen molar-refractivity contribution in [2.24, 2.45) is 0 Å². The van der Waals surface area contributed by atoms with E-state index in [9.17, 15) is 9.59 Å². The van der Waals surface area contributed by atoms with Crippen molar-refractivity contribution < 1.29 is 9.59 Å². The van der Waals surface area contributed by atoms with Gasteiger partial charge in [0, 0.05) is 23.9 Å². The molecule has 0 fully saturated rings. The van der Waals surface area contributed by atoms with Crippen LogP contribution in [0.4, 0.5) is 0 Å². The monoisotopic (exact) mass is 418 g/mol. The van der Waals surface area contributed by atoms with Gasteiger partial charge in [-0.3, -0.25) is 9.59 Å². The number of amides is 2. The number of thioether (sulfide) groups is 1. The molecule has 0 saturated carbocycles. The topological polar surface area (TPSA) is 49.4 Å². The van der Waals surface area contributed by atoms with E-state index in [1.165, 1.54) is 11.8 Å². The molecule has 0 spiro atoms. The summed E-state index contributed by atoms with van der Waals surface area (Å²) in [5.74, 6) is 0.864. The number of carbonyl (C=O) groups is 2. The van der Waals surface area contributed by atoms with Crippen LogP contribution < -0.4 is 5.32 Å². The van der Waals surface area contributed by atoms with Crippen LogP contribution in [-0.2, 0) is 21.9 Å². The number of hydrogen-bond donors (Lipinski definition) is 1. The molecule has 0 aromatic heterocycles. The van der Waals surface area contributed by atoms with Crippen molar-refractivity contribution in [2.75, 3.05) is 12.3 Å². The van der Waals surface area contributed by atoms with Crippen molar-refractivity contribution in [3.63, 3.8) is 0 Å². The average molecular weight is 419 g/mol. The number of nitrogens with zero attached hydrogens (tertiary/aromatic N) is 1. The molecule has 6 heteroatoms. The van der Waals surface area contributed by atoms with Gasteiger partial charge in [0.2, 0.25) is 11.8 Å². The molecule has 28 heavy (non-hydrogen) atoms. The van der Waals surface area contributed by atoms with Gasteiger partial charge in [-0.25, -0.2) is 0 Å². The fourth-order valence-corrected chi connectivity index (χ4v) is 3.79. The molecular weight excluding hydrogens is 392 g/mol. The van der Waals surface area contributed by atoms with Crippen molar-refractivity contribution in [2.45, 2.75) is 39.1 Å². The second kappa shape index (κ2) is 11.1. The van der Waals surface area contributed by atoms with Crippen LogP contribution in [0.5, 0.6) is 0 Å². The summed E-state index contributed by atoms with van der Waals surface area (Å²) in [4.78, 5) is 27.0. The Balaban J connectivity index is 2.06. The highest BCUT2D eigenvalue weighted by atomic mass is 35.5. The molecule has 2 amide bonds. The SMILES string of the molecule is CCNC(=O)[C@H](C)N(Cc1ccccc1C)C(=O)CSCc1ccc(Cl)cc1. The number of halogens is 1. The molecule has 0 heterocycles. The molecule has 0 unspecified atom stereocenters. The van der Waals surface area contributed by atoms with Crippen LogP contribution >= 0.6 is 23.4 Å². The van der Waals surface area contributed by atoms with Gasteiger partial charge in [0.05, 0.1) is 5.75 Å². The minimum absolute atomic E-state index is 0.0408. The third-order valence-corrected chi connectivity index (χ3v) is 5.77. The fourth-order valence-electron chi connectivity index (χ4n) is 2.80. The fraction of sp³-hybridized carbons (Fsp3) is 0.364. The molecular formula is C22H27ClN2O2S. The zero-order valence-electron chi connectivity index (χ0n) is 16.6. The van der Waals surface area contributed by atoms with Gasteiger partial charge in [0.25, 0.3) is 0 Å². The smallest absolute Gasteiger partial charge is 0.242 e. The first-order valence-corrected chi connectivity index (χ1v) is 10.9. The summed E-state index contributed by atoms with van der Waals surface area (Å²) in [6, 6.07) is 15.0. The molecule has 1 N–H and O–H groups in total. The third-order valence-electron chi connectivity index (χ3n) is 4.53. The summed E-state index contributed by atoms with van der Waals surface area (Å²) in [6.45, 7) is 6.64. The first-order chi connectivity index (χ1) is 13.4. The van der Waals surface area contributed by atoms with Crippen molar-refractivity contribution in [1.82, 2.24) is 10.2 Å². The second-order valence-corrected chi connectivity index (χ2v) is 8.06. The molecule has 0 aliphatic heterocycles. The molecule has 2 rings (SSSR count). The van der Waals surface area contributed by atoms with Gasteiger partial charge in [0.1, 0.15) is 6.04 Å². The van der Waals surface area contributed by atoms with Gasteiger partial charge in [-0.15, -0.1) is 11.8 Å². The van der Waals surface area contributed by atoms with Crippen LogP contribution in [0.1, 0.15) is 30.5 Å². The number of likely N-dealkylation sites (N-methyl/N-ethyl adjacent to an activating group) is 1. The predicted octanol–water partition coefficient (Wildman–Crippen LogP) is 4.44. The molecule has 2 aromatic carbocycles. The Morgan fingerprint density at radius 3 is 2.46 bits per heavy atom. The van der Waals surface area contributed by atoms with Crippen LogP contribution in [0.15, 0.2) is 48.5 Å². The Hall–Kier alpha value is -1.98. The highest BCUT2D eigenvalue weighted by Crippen LogP contribution is 2.18. The maximum atomic E-state index is 13.0. The molecule has 0 aliphatic rings. The van der Waals surface area contributed by atoms with Crippen LogP contribution in [-0.4, -0.2) is 35.1 Å². The molecule has 2 aromatic rings. The minimum Gasteiger partial charge on any atom is -0.355 e. The second-order valence-electron chi connectivity index (χ2n) is 6.64. The highest BCUT2D eigenvalue weighted by molar-refractivity contribution is 7.99. The lowest BCUT2D eigenvalue weighted by Gasteiger charge is -2.29. The molecule has 0 bridgehead atoms. The van der Waals surface area contributed by atoms with Crippen LogP contribution in [0.3, 0.4) is 0 Å². The molecule has 1 atom stereocenters. The Morgan fingerprint density at radius 1 is 1.14 bits per heavy atom. The highest BCUT2D eigenvalue weighted by Gasteiger charge is 2.26. The third kappa shape index (κ3) is 6.57. The zero-order chi connectivity index (χ0) is 20.5. The Bertz CT molecular complexity index is 795. The van der Waals surface area contributed by atoms with Gasteiger partial charge < -0.3 is 10.2 Å². The standard InChI is InChI=1S/C22H27ClN2O2S/c1-4-24-22(27)17(3)25(13-19-8-6-5-7-16(19)2)21(26)15-28-14-18-9-11-20(23)12-10-18/h5-12,17H,4,13-15H2,1-3H3,(H,24,27)/t17-/m0/s1. The van der Waals surface area contributed by atoms with Gasteiger partial charge in [-0.2, -0.15) is 0 Å². The molecule has 0 saturated heterocycles. The van der Waals surface area contributed by atoms with E-state index in [0.717, 1.165) is 22.4 Å². The first kappa shape index (κ1) is 22.3. The Labute approximate surface area is 176 Å². The quantitative estimate of drug-likeness (QED) is 0.655. The number of benzene rings is 2. The summed E-state index contributed by atoms with van der Waals surface area (Å²) in [5, 5.41) is 3.52. The van der Waals surface area contributed by atoms with E-state index in [1.54, 1.807) is 11.8 Å². The molecule has 4 nitrogen and oxygen atoms in total. The lowest BCUT2D eigenvalue weighted by atomic mass is 10.1. The van der Waals surface area contributed by atoms with Crippen molar-refractivity contribution >= 4 is 35.2 Å².